The van der Waals surface area contributed by atoms with E-state index in [1.807, 2.05) is 0 Å². The fourth-order valence-corrected chi connectivity index (χ4v) is 1.82. The topological polar surface area (TPSA) is 68.3 Å². The summed E-state index contributed by atoms with van der Waals surface area (Å²) in [6, 6.07) is 8.42. The molecule has 0 aliphatic heterocycles. The van der Waals surface area contributed by atoms with Gasteiger partial charge >= 0.3 is 0 Å². The average Bonchev–Trinajstić information content (AvgIpc) is 2.47. The van der Waals surface area contributed by atoms with Crippen molar-refractivity contribution in [2.75, 3.05) is 12.4 Å². The third kappa shape index (κ3) is 2.83. The first-order chi connectivity index (χ1) is 9.63. The lowest BCUT2D eigenvalue weighted by atomic mass is 10.1. The number of ketones is 1. The molecule has 0 radical (unpaired) electrons. The van der Waals surface area contributed by atoms with E-state index in [2.05, 4.69) is 10.3 Å². The second-order valence-electron chi connectivity index (χ2n) is 4.13. The molecule has 0 aliphatic carbocycles. The number of nitrogens with one attached hydrogen (secondary N) is 1. The number of amides is 1. The summed E-state index contributed by atoms with van der Waals surface area (Å²) in [4.78, 5) is 27.7. The van der Waals surface area contributed by atoms with E-state index in [9.17, 15) is 9.59 Å². The van der Waals surface area contributed by atoms with Gasteiger partial charge in [0, 0.05) is 11.8 Å². The first-order valence-corrected chi connectivity index (χ1v) is 6.03. The number of ether oxygens (including phenoxy) is 1. The molecule has 0 unspecified atom stereocenters. The summed E-state index contributed by atoms with van der Waals surface area (Å²) in [5, 5.41) is 2.72. The van der Waals surface area contributed by atoms with Crippen molar-refractivity contribution in [3.05, 3.63) is 53.9 Å². The van der Waals surface area contributed by atoms with Crippen molar-refractivity contribution in [1.82, 2.24) is 4.98 Å². The number of nitrogens with zero attached hydrogens (tertiary/aromatic N) is 1. The number of aromatic nitrogens is 1. The van der Waals surface area contributed by atoms with Crippen LogP contribution in [0, 0.1) is 0 Å². The SMILES string of the molecule is COc1cnccc1C(=O)Nc1ccccc1C(C)=O. The Hall–Kier alpha value is -2.69. The standard InChI is InChI=1S/C15H14N2O3/c1-10(18)11-5-3-4-6-13(11)17-15(19)12-7-8-16-9-14(12)20-2/h3-9H,1-2H3,(H,17,19). The normalized spacial score (nSPS) is 9.90. The van der Waals surface area contributed by atoms with E-state index >= 15 is 0 Å². The van der Waals surface area contributed by atoms with Crippen molar-refractivity contribution in [3.8, 4) is 5.75 Å². The highest BCUT2D eigenvalue weighted by atomic mass is 16.5. The van der Waals surface area contributed by atoms with E-state index in [4.69, 9.17) is 4.74 Å². The number of anilines is 1. The fourth-order valence-electron chi connectivity index (χ4n) is 1.82. The molecule has 2 aromatic rings. The van der Waals surface area contributed by atoms with Crippen LogP contribution in [-0.2, 0) is 0 Å². The highest BCUT2D eigenvalue weighted by molar-refractivity contribution is 6.10. The Morgan fingerprint density at radius 1 is 1.15 bits per heavy atom. The lowest BCUT2D eigenvalue weighted by Crippen LogP contribution is -2.15. The maximum Gasteiger partial charge on any atom is 0.259 e. The number of carbonyl (C=O) groups excluding carboxylic acids is 2. The summed E-state index contributed by atoms with van der Waals surface area (Å²) < 4.78 is 5.09. The van der Waals surface area contributed by atoms with Gasteiger partial charge in [-0.25, -0.2) is 0 Å². The van der Waals surface area contributed by atoms with E-state index in [0.717, 1.165) is 0 Å². The molecule has 1 aromatic heterocycles. The van der Waals surface area contributed by atoms with Crippen LogP contribution < -0.4 is 10.1 Å². The van der Waals surface area contributed by atoms with Gasteiger partial charge < -0.3 is 10.1 Å². The Morgan fingerprint density at radius 3 is 2.60 bits per heavy atom. The summed E-state index contributed by atoms with van der Waals surface area (Å²) >= 11 is 0. The molecule has 1 heterocycles. The summed E-state index contributed by atoms with van der Waals surface area (Å²) in [5.41, 5.74) is 1.30. The van der Waals surface area contributed by atoms with Crippen molar-refractivity contribution in [1.29, 1.82) is 0 Å². The molecule has 2 rings (SSSR count). The van der Waals surface area contributed by atoms with Crippen molar-refractivity contribution >= 4 is 17.4 Å². The molecule has 0 aliphatic rings. The third-order valence-electron chi connectivity index (χ3n) is 2.80. The van der Waals surface area contributed by atoms with Crippen LogP contribution in [-0.4, -0.2) is 23.8 Å². The monoisotopic (exact) mass is 270 g/mol. The van der Waals surface area contributed by atoms with Crippen LogP contribution in [0.25, 0.3) is 0 Å². The first kappa shape index (κ1) is 13.7. The Morgan fingerprint density at radius 2 is 1.90 bits per heavy atom. The summed E-state index contributed by atoms with van der Waals surface area (Å²) in [6.07, 6.45) is 2.97. The molecule has 0 bridgehead atoms. The van der Waals surface area contributed by atoms with Crippen molar-refractivity contribution in [2.24, 2.45) is 0 Å². The summed E-state index contributed by atoms with van der Waals surface area (Å²) in [7, 11) is 1.47. The number of hydrogen-bond donors (Lipinski definition) is 1. The largest absolute Gasteiger partial charge is 0.494 e. The molecule has 0 spiro atoms. The Balaban J connectivity index is 2.31. The summed E-state index contributed by atoms with van der Waals surface area (Å²) in [6.45, 7) is 1.46. The van der Waals surface area contributed by atoms with Gasteiger partial charge in [-0.1, -0.05) is 12.1 Å². The molecule has 5 nitrogen and oxygen atoms in total. The molecule has 0 fully saturated rings. The van der Waals surface area contributed by atoms with Gasteiger partial charge in [0.1, 0.15) is 5.75 Å². The molecule has 0 atom stereocenters. The number of Topliss-reactive ketones (excluding diaryl/α,β-unsaturated/α-hetero) is 1. The number of methoxy groups -OCH3 is 1. The molecule has 102 valence electrons. The highest BCUT2D eigenvalue weighted by Gasteiger charge is 2.14. The van der Waals surface area contributed by atoms with Gasteiger partial charge in [-0.05, 0) is 25.1 Å². The van der Waals surface area contributed by atoms with Gasteiger partial charge in [-0.2, -0.15) is 0 Å². The molecule has 1 N–H and O–H groups in total. The second kappa shape index (κ2) is 5.97. The Bertz CT molecular complexity index is 653. The quantitative estimate of drug-likeness (QED) is 0.867. The third-order valence-corrected chi connectivity index (χ3v) is 2.80. The average molecular weight is 270 g/mol. The van der Waals surface area contributed by atoms with Gasteiger partial charge in [-0.3, -0.25) is 14.6 Å². The summed E-state index contributed by atoms with van der Waals surface area (Å²) in [5.74, 6) is -0.0779. The van der Waals surface area contributed by atoms with E-state index in [0.29, 0.717) is 22.6 Å². The van der Waals surface area contributed by atoms with Crippen LogP contribution >= 0.6 is 0 Å². The smallest absolute Gasteiger partial charge is 0.259 e. The van der Waals surface area contributed by atoms with Gasteiger partial charge in [0.05, 0.1) is 24.6 Å². The second-order valence-corrected chi connectivity index (χ2v) is 4.13. The predicted molar refractivity (Wildman–Crippen MR) is 75.2 cm³/mol. The van der Waals surface area contributed by atoms with E-state index < -0.39 is 0 Å². The number of para-hydroxylation sites is 1. The number of rotatable bonds is 4. The zero-order chi connectivity index (χ0) is 14.5. The number of benzene rings is 1. The van der Waals surface area contributed by atoms with Gasteiger partial charge in [-0.15, -0.1) is 0 Å². The maximum absolute atomic E-state index is 12.2. The first-order valence-electron chi connectivity index (χ1n) is 6.03. The number of pyridine rings is 1. The fraction of sp³-hybridized carbons (Fsp3) is 0.133. The highest BCUT2D eigenvalue weighted by Crippen LogP contribution is 2.20. The van der Waals surface area contributed by atoms with Gasteiger partial charge in [0.2, 0.25) is 0 Å². The van der Waals surface area contributed by atoms with Crippen molar-refractivity contribution in [2.45, 2.75) is 6.92 Å². The molecule has 1 aromatic carbocycles. The molecule has 5 heteroatoms. The van der Waals surface area contributed by atoms with Gasteiger partial charge in [0.15, 0.2) is 5.78 Å². The minimum absolute atomic E-state index is 0.109. The molecular weight excluding hydrogens is 256 g/mol. The van der Waals surface area contributed by atoms with Crippen LogP contribution in [0.15, 0.2) is 42.7 Å². The van der Waals surface area contributed by atoms with Crippen LogP contribution in [0.4, 0.5) is 5.69 Å². The van der Waals surface area contributed by atoms with Crippen LogP contribution in [0.1, 0.15) is 27.6 Å². The van der Waals surface area contributed by atoms with Crippen molar-refractivity contribution in [3.63, 3.8) is 0 Å². The molecule has 0 saturated carbocycles. The maximum atomic E-state index is 12.2. The number of hydrogen-bond acceptors (Lipinski definition) is 4. The zero-order valence-electron chi connectivity index (χ0n) is 11.2. The van der Waals surface area contributed by atoms with E-state index in [-0.39, 0.29) is 11.7 Å². The molecule has 0 saturated heterocycles. The minimum atomic E-state index is -0.349. The van der Waals surface area contributed by atoms with E-state index in [1.54, 1.807) is 30.3 Å². The zero-order valence-corrected chi connectivity index (χ0v) is 11.2. The lowest BCUT2D eigenvalue weighted by molar-refractivity contribution is 0.101. The van der Waals surface area contributed by atoms with Crippen molar-refractivity contribution < 1.29 is 14.3 Å². The molecule has 1 amide bonds. The lowest BCUT2D eigenvalue weighted by Gasteiger charge is -2.10. The Labute approximate surface area is 116 Å². The van der Waals surface area contributed by atoms with Crippen LogP contribution in [0.3, 0.4) is 0 Å². The predicted octanol–water partition coefficient (Wildman–Crippen LogP) is 2.55. The van der Waals surface area contributed by atoms with Crippen LogP contribution in [0.2, 0.25) is 0 Å². The molecule has 20 heavy (non-hydrogen) atoms. The Kier molecular flexibility index (Phi) is 4.10. The van der Waals surface area contributed by atoms with Crippen LogP contribution in [0.5, 0.6) is 5.75 Å². The van der Waals surface area contributed by atoms with E-state index in [1.165, 1.54) is 26.4 Å². The van der Waals surface area contributed by atoms with Gasteiger partial charge in [0.25, 0.3) is 5.91 Å². The minimum Gasteiger partial charge on any atom is -0.494 e. The molecular formula is C15H14N2O3. The number of carbonyl (C=O) groups is 2.